The van der Waals surface area contributed by atoms with E-state index >= 15 is 0 Å². The minimum atomic E-state index is 0. The molecule has 128 valence electrons. The zero-order valence-corrected chi connectivity index (χ0v) is 15.5. The number of hydrogen-bond acceptors (Lipinski definition) is 0. The summed E-state index contributed by atoms with van der Waals surface area (Å²) in [6.45, 7) is 8.86. The Bertz CT molecular complexity index is 292. The van der Waals surface area contributed by atoms with E-state index in [1.807, 2.05) is 0 Å². The Morgan fingerprint density at radius 3 is 1.05 bits per heavy atom. The summed E-state index contributed by atoms with van der Waals surface area (Å²) in [6.07, 6.45) is 18.3. The van der Waals surface area contributed by atoms with E-state index in [9.17, 15) is 0 Å². The predicted molar refractivity (Wildman–Crippen MR) is 102 cm³/mol. The lowest BCUT2D eigenvalue weighted by Crippen LogP contribution is -2.42. The molecule has 0 saturated heterocycles. The Labute approximate surface area is 141 Å². The first kappa shape index (κ1) is 16.9. The van der Waals surface area contributed by atoms with Gasteiger partial charge in [-0.25, -0.2) is 0 Å². The van der Waals surface area contributed by atoms with Crippen LogP contribution in [-0.2, 0) is 0 Å². The lowest BCUT2D eigenvalue weighted by Gasteiger charge is -2.47. The molecule has 3 aliphatic carbocycles. The Balaban J connectivity index is 0.00000192. The normalized spacial score (nSPS) is 43.8. The molecule has 0 spiro atoms. The fraction of sp³-hybridized carbons (Fsp3) is 1.00. The quantitative estimate of drug-likeness (QED) is 0.474. The van der Waals surface area contributed by atoms with Crippen molar-refractivity contribution in [3.05, 3.63) is 0 Å². The van der Waals surface area contributed by atoms with Crippen LogP contribution in [0.15, 0.2) is 0 Å². The maximum absolute atomic E-state index is 2.60. The van der Waals surface area contributed by atoms with Crippen molar-refractivity contribution in [2.75, 3.05) is 0 Å². The topological polar surface area (TPSA) is 0 Å². The zero-order valence-electron chi connectivity index (χ0n) is 15.5. The summed E-state index contributed by atoms with van der Waals surface area (Å²) in [4.78, 5) is 0. The molecule has 3 saturated carbocycles. The summed E-state index contributed by atoms with van der Waals surface area (Å²) in [5, 5.41) is 0. The van der Waals surface area contributed by atoms with Crippen molar-refractivity contribution in [2.45, 2.75) is 115 Å². The van der Waals surface area contributed by atoms with E-state index in [1.165, 1.54) is 57.8 Å². The maximum atomic E-state index is 2.60. The van der Waals surface area contributed by atoms with Gasteiger partial charge in [0.1, 0.15) is 6.71 Å². The van der Waals surface area contributed by atoms with Gasteiger partial charge in [-0.05, 0) is 17.8 Å². The van der Waals surface area contributed by atoms with Crippen LogP contribution < -0.4 is 0 Å². The van der Waals surface area contributed by atoms with Crippen molar-refractivity contribution in [3.63, 3.8) is 0 Å². The summed E-state index contributed by atoms with van der Waals surface area (Å²) in [6, 6.07) is 0. The highest BCUT2D eigenvalue weighted by molar-refractivity contribution is 6.64. The third-order valence-electron chi connectivity index (χ3n) is 8.02. The lowest BCUT2D eigenvalue weighted by atomic mass is 9.21. The molecule has 0 bridgehead atoms. The zero-order chi connectivity index (χ0) is 15.5. The van der Waals surface area contributed by atoms with Gasteiger partial charge in [-0.1, -0.05) is 115 Å². The van der Waals surface area contributed by atoms with E-state index < -0.39 is 0 Å². The molecule has 0 aromatic carbocycles. The van der Waals surface area contributed by atoms with Gasteiger partial charge in [0.15, 0.2) is 0 Å². The second-order valence-corrected chi connectivity index (χ2v) is 9.35. The Morgan fingerprint density at radius 1 is 0.500 bits per heavy atom. The van der Waals surface area contributed by atoms with E-state index in [1.54, 1.807) is 19.3 Å². The van der Waals surface area contributed by atoms with Crippen LogP contribution in [0.1, 0.15) is 99.2 Å². The van der Waals surface area contributed by atoms with Crippen molar-refractivity contribution < 1.29 is 1.43 Å². The second-order valence-electron chi connectivity index (χ2n) is 9.35. The highest BCUT2D eigenvalue weighted by Crippen LogP contribution is 2.53. The van der Waals surface area contributed by atoms with Crippen LogP contribution in [0.5, 0.6) is 0 Å². The smallest absolute Gasteiger partial charge is 0.0629 e. The molecule has 3 rings (SSSR count). The van der Waals surface area contributed by atoms with Crippen molar-refractivity contribution in [1.82, 2.24) is 0 Å². The van der Waals surface area contributed by atoms with Crippen LogP contribution in [0.4, 0.5) is 0 Å². The van der Waals surface area contributed by atoms with Crippen molar-refractivity contribution in [2.24, 2.45) is 17.8 Å². The van der Waals surface area contributed by atoms with Crippen LogP contribution in [-0.4, -0.2) is 6.71 Å². The van der Waals surface area contributed by atoms with Crippen molar-refractivity contribution in [1.29, 1.82) is 0 Å². The molecule has 6 atom stereocenters. The molecule has 0 aromatic heterocycles. The average Bonchev–Trinajstić information content (AvgIpc) is 2.53. The third-order valence-corrected chi connectivity index (χ3v) is 8.02. The van der Waals surface area contributed by atoms with Crippen LogP contribution in [0.2, 0.25) is 17.5 Å². The standard InChI is InChI=1S/C21H39B.H2/c1-16-10-4-7-13-19(16)22(20-14-8-5-11-17(20)2)21-15-9-6-12-18(21)3;/h16-21H,4-15H2,1-3H3;1H. The molecule has 3 aliphatic rings. The van der Waals surface area contributed by atoms with Gasteiger partial charge in [0, 0.05) is 1.43 Å². The predicted octanol–water partition coefficient (Wildman–Crippen LogP) is 7.47. The van der Waals surface area contributed by atoms with Gasteiger partial charge in [-0.2, -0.15) is 0 Å². The van der Waals surface area contributed by atoms with Crippen molar-refractivity contribution in [3.8, 4) is 0 Å². The Kier molecular flexibility index (Phi) is 5.96. The highest BCUT2D eigenvalue weighted by atomic mass is 14.3. The second kappa shape index (κ2) is 7.76. The number of rotatable bonds is 3. The fourth-order valence-corrected chi connectivity index (χ4v) is 6.70. The lowest BCUT2D eigenvalue weighted by molar-refractivity contribution is 0.315. The molecular weight excluding hydrogens is 263 g/mol. The van der Waals surface area contributed by atoms with Gasteiger partial charge in [0.05, 0.1) is 0 Å². The molecule has 22 heavy (non-hydrogen) atoms. The summed E-state index contributed by atoms with van der Waals surface area (Å²) >= 11 is 0. The maximum Gasteiger partial charge on any atom is 0.150 e. The van der Waals surface area contributed by atoms with Crippen LogP contribution in [0, 0.1) is 17.8 Å². The molecule has 0 aromatic rings. The van der Waals surface area contributed by atoms with Crippen LogP contribution >= 0.6 is 0 Å². The molecule has 0 N–H and O–H groups in total. The summed E-state index contributed by atoms with van der Waals surface area (Å²) in [5.41, 5.74) is 0. The summed E-state index contributed by atoms with van der Waals surface area (Å²) < 4.78 is 0. The first-order chi connectivity index (χ1) is 10.7. The van der Waals surface area contributed by atoms with E-state index in [2.05, 4.69) is 20.8 Å². The molecule has 0 nitrogen and oxygen atoms in total. The molecule has 0 aliphatic heterocycles. The SMILES string of the molecule is CC1CCCCC1B(C1CCCCC1C)C1CCCCC1C.[HH]. The van der Waals surface area contributed by atoms with E-state index in [0.717, 1.165) is 41.9 Å². The van der Waals surface area contributed by atoms with E-state index in [-0.39, 0.29) is 1.43 Å². The first-order valence-corrected chi connectivity index (χ1v) is 10.7. The van der Waals surface area contributed by atoms with Gasteiger partial charge in [0.2, 0.25) is 0 Å². The Hall–Kier alpha value is 0.0649. The van der Waals surface area contributed by atoms with Crippen LogP contribution in [0.25, 0.3) is 0 Å². The molecule has 3 fully saturated rings. The minimum absolute atomic E-state index is 0. The number of hydrogen-bond donors (Lipinski definition) is 0. The van der Waals surface area contributed by atoms with Gasteiger partial charge >= 0.3 is 0 Å². The van der Waals surface area contributed by atoms with Gasteiger partial charge in [-0.15, -0.1) is 0 Å². The van der Waals surface area contributed by atoms with Gasteiger partial charge in [0.25, 0.3) is 0 Å². The highest BCUT2D eigenvalue weighted by Gasteiger charge is 2.45. The molecule has 0 heterocycles. The molecule has 6 unspecified atom stereocenters. The first-order valence-electron chi connectivity index (χ1n) is 10.7. The van der Waals surface area contributed by atoms with E-state index in [4.69, 9.17) is 0 Å². The minimum Gasteiger partial charge on any atom is -0.0629 e. The molecular formula is C21H41B. The van der Waals surface area contributed by atoms with Gasteiger partial charge < -0.3 is 0 Å². The van der Waals surface area contributed by atoms with E-state index in [0.29, 0.717) is 0 Å². The molecule has 1 heteroatoms. The third kappa shape index (κ3) is 3.59. The monoisotopic (exact) mass is 304 g/mol. The van der Waals surface area contributed by atoms with Crippen molar-refractivity contribution >= 4 is 6.71 Å². The molecule has 0 amide bonds. The largest absolute Gasteiger partial charge is 0.150 e. The summed E-state index contributed by atoms with van der Waals surface area (Å²) in [7, 11) is 0. The average molecular weight is 304 g/mol. The van der Waals surface area contributed by atoms with Crippen LogP contribution in [0.3, 0.4) is 0 Å². The Morgan fingerprint density at radius 2 is 0.773 bits per heavy atom. The molecule has 0 radical (unpaired) electrons. The summed E-state index contributed by atoms with van der Waals surface area (Å²) in [5.74, 6) is 6.19. The fourth-order valence-electron chi connectivity index (χ4n) is 6.70. The van der Waals surface area contributed by atoms with Gasteiger partial charge in [-0.3, -0.25) is 0 Å².